The fourth-order valence-electron chi connectivity index (χ4n) is 3.31. The number of hydrogen-bond acceptors (Lipinski definition) is 7. The summed E-state index contributed by atoms with van der Waals surface area (Å²) in [5.41, 5.74) is 2.46. The van der Waals surface area contributed by atoms with E-state index in [0.717, 1.165) is 30.3 Å². The maximum absolute atomic E-state index is 12.4. The highest BCUT2D eigenvalue weighted by Crippen LogP contribution is 2.33. The maximum Gasteiger partial charge on any atom is 0.363 e. The van der Waals surface area contributed by atoms with Gasteiger partial charge in [-0.1, -0.05) is 47.5 Å². The molecule has 10 heteroatoms. The van der Waals surface area contributed by atoms with Crippen molar-refractivity contribution in [1.82, 2.24) is 4.98 Å². The summed E-state index contributed by atoms with van der Waals surface area (Å²) in [5.74, 6) is -0.954. The van der Waals surface area contributed by atoms with E-state index in [9.17, 15) is 14.8 Å². The van der Waals surface area contributed by atoms with E-state index in [1.807, 2.05) is 24.3 Å². The highest BCUT2D eigenvalue weighted by Gasteiger charge is 2.14. The number of unbranched alkanes of at least 4 members (excludes halogenated alkanes) is 3. The Morgan fingerprint density at radius 2 is 1.64 bits per heavy atom. The second kappa shape index (κ2) is 13.7. The summed E-state index contributed by atoms with van der Waals surface area (Å²) in [5, 5.41) is 15.7. The molecule has 0 fully saturated rings. The van der Waals surface area contributed by atoms with Crippen molar-refractivity contribution < 1.29 is 23.8 Å². The third kappa shape index (κ3) is 8.10. The molecular formula is C26H27Cl2N3O5. The number of hydrogen-bond donors (Lipinski definition) is 1. The number of nitrogens with one attached hydrogen (secondary N) is 1. The van der Waals surface area contributed by atoms with Crippen LogP contribution in [0.4, 0.5) is 11.4 Å². The van der Waals surface area contributed by atoms with Crippen LogP contribution in [-0.4, -0.2) is 30.1 Å². The van der Waals surface area contributed by atoms with Gasteiger partial charge in [0.2, 0.25) is 17.6 Å². The van der Waals surface area contributed by atoms with Gasteiger partial charge in [0, 0.05) is 12.6 Å². The molecule has 0 radical (unpaired) electrons. The van der Waals surface area contributed by atoms with Crippen molar-refractivity contribution >= 4 is 46.5 Å². The van der Waals surface area contributed by atoms with Crippen LogP contribution in [0.1, 0.15) is 47.4 Å². The summed E-state index contributed by atoms with van der Waals surface area (Å²) in [4.78, 5) is 28.2. The van der Waals surface area contributed by atoms with Crippen LogP contribution in [0.5, 0.6) is 0 Å². The molecule has 36 heavy (non-hydrogen) atoms. The molecule has 0 aliphatic rings. The first-order valence-corrected chi connectivity index (χ1v) is 12.3. The largest absolute Gasteiger partial charge is 0.618 e. The Kier molecular flexibility index (Phi) is 10.3. The third-order valence-electron chi connectivity index (χ3n) is 5.30. The second-order valence-electron chi connectivity index (χ2n) is 8.07. The first kappa shape index (κ1) is 27.2. The van der Waals surface area contributed by atoms with Crippen molar-refractivity contribution in [3.63, 3.8) is 0 Å². The molecule has 1 N–H and O–H groups in total. The zero-order valence-electron chi connectivity index (χ0n) is 19.8. The van der Waals surface area contributed by atoms with E-state index in [-0.39, 0.29) is 24.7 Å². The summed E-state index contributed by atoms with van der Waals surface area (Å²) < 4.78 is 11.1. The lowest BCUT2D eigenvalue weighted by molar-refractivity contribution is -0.613. The molecule has 1 aromatic heterocycles. The molecule has 0 amide bonds. The molecule has 2 aromatic carbocycles. The van der Waals surface area contributed by atoms with Crippen molar-refractivity contribution in [2.45, 2.75) is 39.0 Å². The molecule has 0 unspecified atom stereocenters. The zero-order chi connectivity index (χ0) is 25.9. The molecule has 0 bridgehead atoms. The van der Waals surface area contributed by atoms with Crippen LogP contribution in [0.3, 0.4) is 0 Å². The Morgan fingerprint density at radius 1 is 0.972 bits per heavy atom. The summed E-state index contributed by atoms with van der Waals surface area (Å²) in [7, 11) is 0. The monoisotopic (exact) mass is 531 g/mol. The molecule has 0 saturated heterocycles. The number of benzene rings is 2. The predicted molar refractivity (Wildman–Crippen MR) is 138 cm³/mol. The van der Waals surface area contributed by atoms with E-state index in [1.165, 1.54) is 6.20 Å². The van der Waals surface area contributed by atoms with Crippen molar-refractivity contribution in [3.8, 4) is 0 Å². The van der Waals surface area contributed by atoms with Gasteiger partial charge in [-0.2, -0.15) is 4.73 Å². The van der Waals surface area contributed by atoms with Gasteiger partial charge in [-0.25, -0.2) is 9.78 Å². The Balaban J connectivity index is 1.33. The topological polar surface area (TPSA) is 104 Å². The zero-order valence-corrected chi connectivity index (χ0v) is 21.3. The number of carbonyl (C=O) groups excluding carboxylic acids is 2. The van der Waals surface area contributed by atoms with E-state index in [2.05, 4.69) is 10.3 Å². The van der Waals surface area contributed by atoms with Crippen LogP contribution in [0.2, 0.25) is 10.0 Å². The Bertz CT molecular complexity index is 1190. The molecule has 0 aliphatic heterocycles. The molecule has 0 atom stereocenters. The molecule has 3 rings (SSSR count). The number of rotatable bonds is 12. The van der Waals surface area contributed by atoms with Crippen molar-refractivity contribution in [2.24, 2.45) is 0 Å². The van der Waals surface area contributed by atoms with Gasteiger partial charge in [0.15, 0.2) is 0 Å². The average molecular weight is 532 g/mol. The van der Waals surface area contributed by atoms with E-state index >= 15 is 0 Å². The van der Waals surface area contributed by atoms with Gasteiger partial charge in [0.05, 0.1) is 41.6 Å². The lowest BCUT2D eigenvalue weighted by Crippen LogP contribution is -2.31. The molecule has 0 aliphatic carbocycles. The Morgan fingerprint density at radius 3 is 2.33 bits per heavy atom. The molecule has 0 spiro atoms. The van der Waals surface area contributed by atoms with E-state index in [1.54, 1.807) is 25.1 Å². The van der Waals surface area contributed by atoms with Gasteiger partial charge >= 0.3 is 11.9 Å². The lowest BCUT2D eigenvalue weighted by atomic mass is 10.1. The van der Waals surface area contributed by atoms with E-state index in [0.29, 0.717) is 45.6 Å². The fourth-order valence-corrected chi connectivity index (χ4v) is 3.80. The van der Waals surface area contributed by atoms with Crippen LogP contribution < -0.4 is 10.0 Å². The van der Waals surface area contributed by atoms with Crippen LogP contribution in [0.15, 0.2) is 54.9 Å². The van der Waals surface area contributed by atoms with Crippen molar-refractivity contribution in [2.75, 3.05) is 18.5 Å². The van der Waals surface area contributed by atoms with E-state index in [4.69, 9.17) is 32.7 Å². The molecule has 190 valence electrons. The standard InChI is InChI=1S/C26H27Cl2N3O5/c1-18-16-29-23(17-31(18)34)26(33)36-14-7-3-2-6-13-35-24(32)15-19-9-4-5-12-22(19)30-25-20(27)10-8-11-21(25)28/h4-5,8-12,16-17,30H,2-3,6-7,13-15H2,1H3. The fraction of sp³-hybridized carbons (Fsp3) is 0.308. The minimum absolute atomic E-state index is 0.0192. The molecule has 3 aromatic rings. The smallest absolute Gasteiger partial charge is 0.363 e. The number of ether oxygens (including phenoxy) is 2. The van der Waals surface area contributed by atoms with Crippen LogP contribution in [0, 0.1) is 12.1 Å². The highest BCUT2D eigenvalue weighted by molar-refractivity contribution is 6.39. The van der Waals surface area contributed by atoms with Crippen LogP contribution in [0.25, 0.3) is 0 Å². The molecule has 8 nitrogen and oxygen atoms in total. The van der Waals surface area contributed by atoms with Gasteiger partial charge in [0.1, 0.15) is 0 Å². The van der Waals surface area contributed by atoms with Crippen molar-refractivity contribution in [1.29, 1.82) is 0 Å². The highest BCUT2D eigenvalue weighted by atomic mass is 35.5. The number of esters is 2. The van der Waals surface area contributed by atoms with Crippen LogP contribution >= 0.6 is 23.2 Å². The number of aryl methyl sites for hydroxylation is 1. The third-order valence-corrected chi connectivity index (χ3v) is 5.93. The number of para-hydroxylation sites is 2. The predicted octanol–water partition coefficient (Wildman–Crippen LogP) is 5.58. The average Bonchev–Trinajstić information content (AvgIpc) is 2.85. The molecule has 1 heterocycles. The number of anilines is 2. The van der Waals surface area contributed by atoms with Gasteiger partial charge in [0.25, 0.3) is 0 Å². The number of carbonyl (C=O) groups is 2. The normalized spacial score (nSPS) is 10.6. The Hall–Kier alpha value is -3.36. The van der Waals surface area contributed by atoms with E-state index < -0.39 is 5.97 Å². The molecular weight excluding hydrogens is 505 g/mol. The van der Waals surface area contributed by atoms with Crippen molar-refractivity contribution in [3.05, 3.63) is 87.1 Å². The first-order chi connectivity index (χ1) is 17.3. The summed E-state index contributed by atoms with van der Waals surface area (Å²) in [6, 6.07) is 12.6. The molecule has 0 saturated carbocycles. The SMILES string of the molecule is Cc1cnc(C(=O)OCCCCCCOC(=O)Cc2ccccc2Nc2c(Cl)cccc2Cl)c[n+]1[O-]. The Labute approximate surface area is 219 Å². The second-order valence-corrected chi connectivity index (χ2v) is 8.88. The first-order valence-electron chi connectivity index (χ1n) is 11.5. The quantitative estimate of drug-likeness (QED) is 0.141. The summed E-state index contributed by atoms with van der Waals surface area (Å²) in [6.07, 6.45) is 5.52. The maximum atomic E-state index is 12.4. The number of halogens is 2. The minimum atomic E-state index is -0.625. The number of nitrogens with zero attached hydrogens (tertiary/aromatic N) is 2. The van der Waals surface area contributed by atoms with Gasteiger partial charge in [-0.05, 0) is 49.4 Å². The lowest BCUT2D eigenvalue weighted by Gasteiger charge is -2.14. The van der Waals surface area contributed by atoms with Gasteiger partial charge in [-0.3, -0.25) is 4.79 Å². The number of aromatic nitrogens is 2. The summed E-state index contributed by atoms with van der Waals surface area (Å²) >= 11 is 12.5. The van der Waals surface area contributed by atoms with Gasteiger partial charge in [-0.15, -0.1) is 0 Å². The van der Waals surface area contributed by atoms with Gasteiger partial charge < -0.3 is 20.0 Å². The minimum Gasteiger partial charge on any atom is -0.618 e. The summed E-state index contributed by atoms with van der Waals surface area (Å²) in [6.45, 7) is 2.13. The van der Waals surface area contributed by atoms with Crippen LogP contribution in [-0.2, 0) is 20.7 Å².